The van der Waals surface area contributed by atoms with Gasteiger partial charge in [-0.1, -0.05) is 13.8 Å². The van der Waals surface area contributed by atoms with E-state index >= 15 is 0 Å². The zero-order chi connectivity index (χ0) is 15.7. The summed E-state index contributed by atoms with van der Waals surface area (Å²) >= 11 is 0. The van der Waals surface area contributed by atoms with Gasteiger partial charge in [0.2, 0.25) is 11.7 Å². The van der Waals surface area contributed by atoms with Crippen LogP contribution in [0.5, 0.6) is 5.75 Å². The second-order valence-electron chi connectivity index (χ2n) is 5.98. The second kappa shape index (κ2) is 5.98. The van der Waals surface area contributed by atoms with E-state index in [4.69, 9.17) is 4.74 Å². The molecule has 2 unspecified atom stereocenters. The van der Waals surface area contributed by atoms with Gasteiger partial charge in [-0.15, -0.1) is 0 Å². The minimum Gasteiger partial charge on any atom is -0.465 e. The molecule has 0 aromatic carbocycles. The lowest BCUT2D eigenvalue weighted by Gasteiger charge is -2.42. The van der Waals surface area contributed by atoms with E-state index in [0.29, 0.717) is 24.8 Å². The molecule has 22 heavy (non-hydrogen) atoms. The summed E-state index contributed by atoms with van der Waals surface area (Å²) < 4.78 is 5.61. The Hall–Kier alpha value is -2.05. The van der Waals surface area contributed by atoms with Crippen molar-refractivity contribution in [2.45, 2.75) is 32.7 Å². The third kappa shape index (κ3) is 2.55. The maximum absolute atomic E-state index is 12.0. The zero-order valence-corrected chi connectivity index (χ0v) is 13.4. The number of fused-ring (bicyclic) bond motifs is 1. The highest BCUT2D eigenvalue weighted by molar-refractivity contribution is 5.76. The Labute approximate surface area is 130 Å². The Morgan fingerprint density at radius 1 is 1.55 bits per heavy atom. The quantitative estimate of drug-likeness (QED) is 0.908. The number of nitrogens with one attached hydrogen (secondary N) is 1. The van der Waals surface area contributed by atoms with Crippen molar-refractivity contribution in [3.05, 3.63) is 6.33 Å². The molecule has 2 aliphatic rings. The van der Waals surface area contributed by atoms with Crippen LogP contribution >= 0.6 is 0 Å². The highest BCUT2D eigenvalue weighted by Crippen LogP contribution is 2.37. The van der Waals surface area contributed by atoms with E-state index < -0.39 is 0 Å². The molecule has 1 aromatic heterocycles. The van der Waals surface area contributed by atoms with Gasteiger partial charge in [0.15, 0.2) is 18.4 Å². The molecule has 0 radical (unpaired) electrons. The molecule has 2 atom stereocenters. The average molecular weight is 305 g/mol. The van der Waals surface area contributed by atoms with Gasteiger partial charge in [0.05, 0.1) is 6.04 Å². The Morgan fingerprint density at radius 2 is 2.36 bits per heavy atom. The van der Waals surface area contributed by atoms with E-state index in [0.717, 1.165) is 31.1 Å². The number of likely N-dealkylation sites (tertiary alicyclic amines) is 1. The van der Waals surface area contributed by atoms with Gasteiger partial charge in [-0.05, 0) is 12.3 Å². The van der Waals surface area contributed by atoms with Crippen LogP contribution in [0.3, 0.4) is 0 Å². The van der Waals surface area contributed by atoms with Gasteiger partial charge >= 0.3 is 0 Å². The van der Waals surface area contributed by atoms with E-state index in [-0.39, 0.29) is 11.9 Å². The number of piperidine rings is 1. The van der Waals surface area contributed by atoms with Gasteiger partial charge in [0.25, 0.3) is 0 Å². The maximum atomic E-state index is 12.0. The van der Waals surface area contributed by atoms with Crippen LogP contribution in [-0.2, 0) is 4.79 Å². The monoisotopic (exact) mass is 305 g/mol. The van der Waals surface area contributed by atoms with Crippen LogP contribution in [0, 0.1) is 5.92 Å². The van der Waals surface area contributed by atoms with Crippen molar-refractivity contribution in [3.8, 4) is 5.75 Å². The van der Waals surface area contributed by atoms with E-state index in [1.807, 2.05) is 18.9 Å². The van der Waals surface area contributed by atoms with Crippen molar-refractivity contribution in [3.63, 3.8) is 0 Å². The van der Waals surface area contributed by atoms with Gasteiger partial charge in [0, 0.05) is 26.6 Å². The lowest BCUT2D eigenvalue weighted by Crippen LogP contribution is -2.52. The van der Waals surface area contributed by atoms with E-state index in [9.17, 15) is 4.79 Å². The summed E-state index contributed by atoms with van der Waals surface area (Å²) in [5, 5.41) is 3.08. The minimum absolute atomic E-state index is 0.219. The molecule has 7 heteroatoms. The van der Waals surface area contributed by atoms with E-state index in [1.54, 1.807) is 6.33 Å². The molecule has 0 aliphatic carbocycles. The number of nitrogens with zero attached hydrogens (tertiary/aromatic N) is 4. The fourth-order valence-electron chi connectivity index (χ4n) is 3.21. The molecule has 1 aromatic rings. The highest BCUT2D eigenvalue weighted by atomic mass is 16.5. The maximum Gasteiger partial charge on any atom is 0.222 e. The number of hydrogen-bond donors (Lipinski definition) is 1. The standard InChI is InChI=1S/C15H23N5O2/c1-4-12(21)20-6-5-10(2)11(7-20)19(3)15-13-14(16-8-17-15)18-9-22-13/h8,10-11H,4-7,9H2,1-3H3,(H,16,17,18). The zero-order valence-electron chi connectivity index (χ0n) is 13.4. The number of hydrogen-bond acceptors (Lipinski definition) is 6. The summed E-state index contributed by atoms with van der Waals surface area (Å²) in [6.07, 6.45) is 3.11. The lowest BCUT2D eigenvalue weighted by atomic mass is 9.92. The largest absolute Gasteiger partial charge is 0.465 e. The fourth-order valence-corrected chi connectivity index (χ4v) is 3.21. The molecular formula is C15H23N5O2. The summed E-state index contributed by atoms with van der Waals surface area (Å²) in [6, 6.07) is 0.229. The van der Waals surface area contributed by atoms with Gasteiger partial charge < -0.3 is 19.9 Å². The molecule has 0 bridgehead atoms. The summed E-state index contributed by atoms with van der Waals surface area (Å²) in [5.41, 5.74) is 0. The van der Waals surface area contributed by atoms with E-state index in [2.05, 4.69) is 27.1 Å². The number of aromatic nitrogens is 2. The minimum atomic E-state index is 0.219. The number of rotatable bonds is 3. The molecule has 3 heterocycles. The van der Waals surface area contributed by atoms with Gasteiger partial charge in [-0.25, -0.2) is 9.97 Å². The molecule has 1 amide bonds. The number of anilines is 2. The summed E-state index contributed by atoms with van der Waals surface area (Å²) in [5.74, 6) is 2.94. The Morgan fingerprint density at radius 3 is 3.14 bits per heavy atom. The van der Waals surface area contributed by atoms with Crippen molar-refractivity contribution in [2.75, 3.05) is 37.1 Å². The van der Waals surface area contributed by atoms with Crippen molar-refractivity contribution in [1.82, 2.24) is 14.9 Å². The molecular weight excluding hydrogens is 282 g/mol. The van der Waals surface area contributed by atoms with Crippen molar-refractivity contribution in [2.24, 2.45) is 5.92 Å². The highest BCUT2D eigenvalue weighted by Gasteiger charge is 2.33. The first-order valence-electron chi connectivity index (χ1n) is 7.84. The molecule has 120 valence electrons. The Kier molecular flexibility index (Phi) is 4.04. The molecule has 2 aliphatic heterocycles. The number of amides is 1. The van der Waals surface area contributed by atoms with Crippen LogP contribution in [0.4, 0.5) is 11.6 Å². The smallest absolute Gasteiger partial charge is 0.222 e. The Bertz CT molecular complexity index is 565. The molecule has 1 fully saturated rings. The lowest BCUT2D eigenvalue weighted by molar-refractivity contribution is -0.132. The van der Waals surface area contributed by atoms with E-state index in [1.165, 1.54) is 0 Å². The van der Waals surface area contributed by atoms with Gasteiger partial charge in [-0.3, -0.25) is 4.79 Å². The van der Waals surface area contributed by atoms with Crippen LogP contribution in [0.2, 0.25) is 0 Å². The van der Waals surface area contributed by atoms with Gasteiger partial charge in [-0.2, -0.15) is 0 Å². The first-order chi connectivity index (χ1) is 10.6. The average Bonchev–Trinajstić information content (AvgIpc) is 3.02. The van der Waals surface area contributed by atoms with Crippen LogP contribution in [0.25, 0.3) is 0 Å². The van der Waals surface area contributed by atoms with Crippen molar-refractivity contribution >= 4 is 17.5 Å². The first-order valence-corrected chi connectivity index (χ1v) is 7.84. The number of carbonyl (C=O) groups is 1. The molecule has 7 nitrogen and oxygen atoms in total. The third-order valence-electron chi connectivity index (χ3n) is 4.65. The molecule has 1 N–H and O–H groups in total. The summed E-state index contributed by atoms with van der Waals surface area (Å²) in [4.78, 5) is 24.7. The fraction of sp³-hybridized carbons (Fsp3) is 0.667. The molecule has 0 spiro atoms. The Balaban J connectivity index is 1.83. The predicted molar refractivity (Wildman–Crippen MR) is 84.0 cm³/mol. The molecule has 0 saturated carbocycles. The number of likely N-dealkylation sites (N-methyl/N-ethyl adjacent to an activating group) is 1. The summed E-state index contributed by atoms with van der Waals surface area (Å²) in [6.45, 7) is 6.15. The topological polar surface area (TPSA) is 70.6 Å². The van der Waals surface area contributed by atoms with Crippen LogP contribution in [-0.4, -0.2) is 53.7 Å². The third-order valence-corrected chi connectivity index (χ3v) is 4.65. The molecule has 1 saturated heterocycles. The first kappa shape index (κ1) is 14.9. The van der Waals surface area contributed by atoms with Crippen molar-refractivity contribution < 1.29 is 9.53 Å². The van der Waals surface area contributed by atoms with Crippen LogP contribution in [0.15, 0.2) is 6.33 Å². The van der Waals surface area contributed by atoms with Crippen molar-refractivity contribution in [1.29, 1.82) is 0 Å². The normalized spacial score (nSPS) is 23.5. The van der Waals surface area contributed by atoms with Crippen LogP contribution in [0.1, 0.15) is 26.7 Å². The second-order valence-corrected chi connectivity index (χ2v) is 5.98. The number of ether oxygens (including phenoxy) is 1. The number of carbonyl (C=O) groups excluding carboxylic acids is 1. The SMILES string of the molecule is CCC(=O)N1CCC(C)C(N(C)c2ncnc3c2OCN3)C1. The molecule has 3 rings (SSSR count). The van der Waals surface area contributed by atoms with Gasteiger partial charge in [0.1, 0.15) is 6.33 Å². The van der Waals surface area contributed by atoms with Crippen LogP contribution < -0.4 is 15.0 Å². The summed E-state index contributed by atoms with van der Waals surface area (Å²) in [7, 11) is 2.02. The predicted octanol–water partition coefficient (Wildman–Crippen LogP) is 1.32.